The molecule has 0 radical (unpaired) electrons. The van der Waals surface area contributed by atoms with Gasteiger partial charge in [-0.05, 0) is 117 Å². The van der Waals surface area contributed by atoms with E-state index in [0.717, 1.165) is 32.1 Å². The zero-order valence-corrected chi connectivity index (χ0v) is 33.6. The summed E-state index contributed by atoms with van der Waals surface area (Å²) < 4.78 is 31.9. The lowest BCUT2D eigenvalue weighted by Crippen LogP contribution is -2.65. The Balaban J connectivity index is 1.15. The summed E-state index contributed by atoms with van der Waals surface area (Å²) in [5.74, 6) is -0.215. The molecule has 0 aromatic heterocycles. The van der Waals surface area contributed by atoms with Gasteiger partial charge in [-0.3, -0.25) is 0 Å². The Labute approximate surface area is 324 Å². The predicted molar refractivity (Wildman–Crippen MR) is 194 cm³/mol. The van der Waals surface area contributed by atoms with Gasteiger partial charge in [0.15, 0.2) is 12.6 Å². The van der Waals surface area contributed by atoms with Crippen molar-refractivity contribution >= 4 is 0 Å². The van der Waals surface area contributed by atoms with Gasteiger partial charge in [0, 0.05) is 5.92 Å². The third-order valence-corrected chi connectivity index (χ3v) is 17.6. The van der Waals surface area contributed by atoms with Crippen LogP contribution in [0.1, 0.15) is 106 Å². The number of rotatable bonds is 7. The van der Waals surface area contributed by atoms with E-state index in [9.17, 15) is 46.0 Å². The normalized spacial score (nSPS) is 58.7. The van der Waals surface area contributed by atoms with Crippen molar-refractivity contribution in [1.82, 2.24) is 0 Å². The predicted octanol–water partition coefficient (Wildman–Crippen LogP) is 0.724. The summed E-state index contributed by atoms with van der Waals surface area (Å²) in [7, 11) is 0. The smallest absolute Gasteiger partial charge is 0.186 e. The quantitative estimate of drug-likeness (QED) is 0.162. The van der Waals surface area contributed by atoms with Gasteiger partial charge >= 0.3 is 0 Å². The van der Waals surface area contributed by atoms with Crippen molar-refractivity contribution in [3.05, 3.63) is 0 Å². The second-order valence-corrected chi connectivity index (χ2v) is 21.1. The maximum Gasteiger partial charge on any atom is 0.186 e. The second-order valence-electron chi connectivity index (χ2n) is 21.1. The van der Waals surface area contributed by atoms with Crippen molar-refractivity contribution in [3.63, 3.8) is 0 Å². The van der Waals surface area contributed by atoms with Gasteiger partial charge in [-0.25, -0.2) is 0 Å². The molecule has 0 unspecified atom stereocenters. The van der Waals surface area contributed by atoms with Gasteiger partial charge in [0.2, 0.25) is 0 Å². The largest absolute Gasteiger partial charge is 0.394 e. The van der Waals surface area contributed by atoms with E-state index in [1.165, 1.54) is 0 Å². The fourth-order valence-corrected chi connectivity index (χ4v) is 14.9. The fraction of sp³-hybridized carbons (Fsp3) is 1.00. The summed E-state index contributed by atoms with van der Waals surface area (Å²) in [4.78, 5) is 0. The third-order valence-electron chi connectivity index (χ3n) is 17.6. The van der Waals surface area contributed by atoms with Gasteiger partial charge in [0.05, 0.1) is 48.8 Å². The summed E-state index contributed by atoms with van der Waals surface area (Å²) in [6.45, 7) is 13.8. The molecule has 0 bridgehead atoms. The van der Waals surface area contributed by atoms with Crippen LogP contribution in [0.2, 0.25) is 0 Å². The number of aliphatic hydroxyl groups excluding tert-OH is 8. The van der Waals surface area contributed by atoms with E-state index < -0.39 is 96.8 Å². The maximum absolute atomic E-state index is 12.2. The van der Waals surface area contributed by atoms with Gasteiger partial charge in [-0.15, -0.1) is 0 Å². The highest BCUT2D eigenvalue weighted by molar-refractivity contribution is 5.33. The number of aliphatic hydroxyl groups is 9. The highest BCUT2D eigenvalue weighted by Crippen LogP contribution is 2.89. The summed E-state index contributed by atoms with van der Waals surface area (Å²) in [5.41, 5.74) is -3.16. The van der Waals surface area contributed by atoms with E-state index in [1.807, 2.05) is 0 Å². The SMILES string of the molecule is CC(C)(O)[C@H]1CC[C@@](C)([C@H]2[C@@H](O)C[C@@]3(C)[C@@H]4C[C@H](O[C@@H]5O[C@H](CO)[C@@H](O)[C@H](O)[C@H]5O)[C@H]5C(C)(C)[C@@H](O[C@@H]6OC[C@@H](O)[C@H](O)[C@H]6O)CC[C@@]56C[C@@]46CC[C@]23C)O1. The third kappa shape index (κ3) is 5.70. The highest BCUT2D eigenvalue weighted by atomic mass is 16.7. The molecule has 5 aliphatic carbocycles. The van der Waals surface area contributed by atoms with Crippen molar-refractivity contribution in [2.75, 3.05) is 13.2 Å². The Morgan fingerprint density at radius 2 is 1.40 bits per heavy atom. The van der Waals surface area contributed by atoms with Crippen LogP contribution in [0.15, 0.2) is 0 Å². The minimum atomic E-state index is -1.60. The molecule has 2 spiro atoms. The Morgan fingerprint density at radius 3 is 2.05 bits per heavy atom. The Morgan fingerprint density at radius 1 is 0.709 bits per heavy atom. The van der Waals surface area contributed by atoms with Crippen LogP contribution in [0.25, 0.3) is 0 Å². The van der Waals surface area contributed by atoms with Crippen molar-refractivity contribution in [2.24, 2.45) is 44.8 Å². The van der Waals surface area contributed by atoms with Gasteiger partial charge in [-0.1, -0.05) is 27.7 Å². The molecule has 8 aliphatic rings. The van der Waals surface area contributed by atoms with E-state index in [2.05, 4.69) is 34.6 Å². The van der Waals surface area contributed by atoms with Gasteiger partial charge < -0.3 is 69.6 Å². The lowest BCUT2D eigenvalue weighted by Gasteiger charge is -2.65. The highest BCUT2D eigenvalue weighted by Gasteiger charge is 2.85. The molecule has 3 saturated heterocycles. The molecular weight excluding hydrogens is 716 g/mol. The number of hydrogen-bond donors (Lipinski definition) is 9. The lowest BCUT2D eigenvalue weighted by molar-refractivity contribution is -0.339. The Kier molecular flexibility index (Phi) is 9.90. The van der Waals surface area contributed by atoms with Crippen LogP contribution in [0, 0.1) is 44.8 Å². The average molecular weight is 785 g/mol. The van der Waals surface area contributed by atoms with Gasteiger partial charge in [0.25, 0.3) is 0 Å². The summed E-state index contributed by atoms with van der Waals surface area (Å²) in [5, 5.41) is 97.2. The van der Waals surface area contributed by atoms with Crippen molar-refractivity contribution in [2.45, 2.75) is 197 Å². The van der Waals surface area contributed by atoms with Crippen molar-refractivity contribution in [1.29, 1.82) is 0 Å². The molecule has 0 amide bonds. The number of ether oxygens (including phenoxy) is 5. The van der Waals surface area contributed by atoms with E-state index in [-0.39, 0.29) is 52.1 Å². The minimum Gasteiger partial charge on any atom is -0.394 e. The van der Waals surface area contributed by atoms with Crippen LogP contribution in [-0.4, -0.2) is 150 Å². The van der Waals surface area contributed by atoms with E-state index in [4.69, 9.17) is 23.7 Å². The zero-order valence-electron chi connectivity index (χ0n) is 33.6. The molecule has 0 aromatic carbocycles. The van der Waals surface area contributed by atoms with Gasteiger partial charge in [-0.2, -0.15) is 0 Å². The van der Waals surface area contributed by atoms with Crippen LogP contribution in [-0.2, 0) is 23.7 Å². The minimum absolute atomic E-state index is 0.0633. The summed E-state index contributed by atoms with van der Waals surface area (Å²) in [6.07, 6.45) is -7.48. The molecule has 14 heteroatoms. The second kappa shape index (κ2) is 13.2. The van der Waals surface area contributed by atoms with Crippen LogP contribution in [0.5, 0.6) is 0 Å². The van der Waals surface area contributed by atoms with Crippen molar-refractivity contribution in [3.8, 4) is 0 Å². The molecule has 3 heterocycles. The molecule has 3 aliphatic heterocycles. The molecule has 5 saturated carbocycles. The first-order valence-corrected chi connectivity index (χ1v) is 20.9. The molecule has 316 valence electrons. The molecule has 8 rings (SSSR count). The van der Waals surface area contributed by atoms with Crippen LogP contribution >= 0.6 is 0 Å². The topological polar surface area (TPSA) is 228 Å². The molecule has 14 nitrogen and oxygen atoms in total. The Hall–Kier alpha value is -0.560. The summed E-state index contributed by atoms with van der Waals surface area (Å²) in [6, 6.07) is 0. The van der Waals surface area contributed by atoms with E-state index >= 15 is 0 Å². The average Bonchev–Trinajstić information content (AvgIpc) is 3.47. The van der Waals surface area contributed by atoms with E-state index in [1.54, 1.807) is 13.8 Å². The molecule has 8 fully saturated rings. The fourth-order valence-electron chi connectivity index (χ4n) is 14.9. The molecule has 0 aromatic rings. The molecule has 55 heavy (non-hydrogen) atoms. The first-order chi connectivity index (χ1) is 25.5. The Bertz CT molecular complexity index is 1460. The lowest BCUT2D eigenvalue weighted by atomic mass is 9.41. The summed E-state index contributed by atoms with van der Waals surface area (Å²) >= 11 is 0. The van der Waals surface area contributed by atoms with E-state index in [0.29, 0.717) is 25.7 Å². The van der Waals surface area contributed by atoms with Gasteiger partial charge in [0.1, 0.15) is 42.7 Å². The first kappa shape index (κ1) is 41.2. The van der Waals surface area contributed by atoms with Crippen molar-refractivity contribution < 1.29 is 69.6 Å². The molecule has 9 N–H and O–H groups in total. The number of fused-ring (bicyclic) bond motifs is 2. The van der Waals surface area contributed by atoms with Crippen LogP contribution in [0.3, 0.4) is 0 Å². The maximum atomic E-state index is 12.2. The standard InChI is InChI=1S/C41H68O14/c1-35(2)24(54-33-29(48)26(45)20(44)17-51-33)9-11-41-18-40(41)13-12-37(5)31(39(7)10-8-25(55-39)36(3,4)50)19(43)15-38(37,6)23(40)14-21(32(35)41)52-34-30(49)28(47)27(46)22(16-42)53-34/h19-34,42-50H,8-18H2,1-7H3/t19-,20+,21-,22+,23-,24-,25+,26-,27+,28-,29+,30+,31-,32-,33-,34+,37+,38-,39-,40-,41+/m0/s1. The zero-order chi connectivity index (χ0) is 40.1. The molecule has 21 atom stereocenters. The first-order valence-electron chi connectivity index (χ1n) is 20.9. The molecular formula is C41H68O14. The number of hydrogen-bond acceptors (Lipinski definition) is 14. The van der Waals surface area contributed by atoms with Crippen LogP contribution < -0.4 is 0 Å². The van der Waals surface area contributed by atoms with Crippen LogP contribution in [0.4, 0.5) is 0 Å². The monoisotopic (exact) mass is 784 g/mol.